The fourth-order valence-electron chi connectivity index (χ4n) is 2.76. The first kappa shape index (κ1) is 24.5. The Bertz CT molecular complexity index is 612. The average molecular weight is 411 g/mol. The van der Waals surface area contributed by atoms with E-state index in [4.69, 9.17) is 12.7 Å². The van der Waals surface area contributed by atoms with Crippen LogP contribution in [0.5, 0.6) is 0 Å². The quantitative estimate of drug-likeness (QED) is 0.261. The lowest BCUT2D eigenvalue weighted by atomic mass is 9.99. The summed E-state index contributed by atoms with van der Waals surface area (Å²) < 4.78 is 5.84. The van der Waals surface area contributed by atoms with Gasteiger partial charge in [0, 0.05) is 38.0 Å². The molecule has 0 aromatic heterocycles. The van der Waals surface area contributed by atoms with Crippen LogP contribution in [-0.2, 0) is 23.9 Å². The summed E-state index contributed by atoms with van der Waals surface area (Å²) in [6.07, 6.45) is 1.47. The van der Waals surface area contributed by atoms with Crippen molar-refractivity contribution in [2.75, 3.05) is 13.2 Å². The molecule has 1 rings (SSSR count). The van der Waals surface area contributed by atoms with Gasteiger partial charge in [0.2, 0.25) is 31.6 Å². The van der Waals surface area contributed by atoms with E-state index in [1.165, 1.54) is 0 Å². The van der Waals surface area contributed by atoms with Crippen LogP contribution in [0.25, 0.3) is 0 Å². The lowest BCUT2D eigenvalue weighted by Gasteiger charge is -2.30. The summed E-state index contributed by atoms with van der Waals surface area (Å²) in [4.78, 5) is 48.1. The summed E-state index contributed by atoms with van der Waals surface area (Å²) in [6.45, 7) is 7.98. The van der Waals surface area contributed by atoms with Gasteiger partial charge >= 0.3 is 0 Å². The lowest BCUT2D eigenvalue weighted by molar-refractivity contribution is -0.138. The molecule has 1 aliphatic heterocycles. The summed E-state index contributed by atoms with van der Waals surface area (Å²) in [5, 5.41) is 4.38. The average Bonchev–Trinajstić information content (AvgIpc) is 2.82. The van der Waals surface area contributed by atoms with Gasteiger partial charge in [0.15, 0.2) is 0 Å². The van der Waals surface area contributed by atoms with E-state index in [1.807, 2.05) is 27.7 Å². The van der Waals surface area contributed by atoms with Crippen molar-refractivity contribution in [1.82, 2.24) is 15.4 Å². The Kier molecular flexibility index (Phi) is 9.00. The maximum atomic E-state index is 12.2. The van der Waals surface area contributed by atoms with Crippen LogP contribution in [0.4, 0.5) is 0 Å². The van der Waals surface area contributed by atoms with Crippen molar-refractivity contribution >= 4 is 44.2 Å². The third-order valence-electron chi connectivity index (χ3n) is 4.60. The van der Waals surface area contributed by atoms with Gasteiger partial charge in [-0.25, -0.2) is 0 Å². The van der Waals surface area contributed by atoms with Crippen molar-refractivity contribution in [3.63, 3.8) is 0 Å². The molecule has 0 bridgehead atoms. The van der Waals surface area contributed by atoms with Crippen LogP contribution >= 0.6 is 12.6 Å². The highest BCUT2D eigenvalue weighted by molar-refractivity contribution is 7.81. The molecule has 0 aliphatic carbocycles. The first-order valence-corrected chi connectivity index (χ1v) is 9.85. The molecule has 2 radical (unpaired) electrons. The van der Waals surface area contributed by atoms with E-state index in [0.717, 1.165) is 4.90 Å². The lowest BCUT2D eigenvalue weighted by Crippen LogP contribution is -2.46. The van der Waals surface area contributed by atoms with E-state index in [2.05, 4.69) is 23.2 Å². The predicted molar refractivity (Wildman–Crippen MR) is 109 cm³/mol. The zero-order valence-electron chi connectivity index (χ0n) is 17.0. The van der Waals surface area contributed by atoms with Crippen LogP contribution in [0.15, 0.2) is 0 Å². The number of thiol groups is 1. The summed E-state index contributed by atoms with van der Waals surface area (Å²) in [5.74, 6) is -1.13. The van der Waals surface area contributed by atoms with Crippen LogP contribution in [0, 0.1) is 0 Å². The third kappa shape index (κ3) is 8.22. The zero-order chi connectivity index (χ0) is 21.5. The number of hydrogen-bond donors (Lipinski definition) is 3. The number of carbonyl (C=O) groups is 4. The van der Waals surface area contributed by atoms with Crippen LogP contribution in [0.1, 0.15) is 59.8 Å². The molecule has 10 heteroatoms. The molecule has 1 fully saturated rings. The number of nitrogens with zero attached hydrogens (tertiary/aromatic N) is 1. The fourth-order valence-corrected chi connectivity index (χ4v) is 3.05. The molecule has 0 aromatic rings. The minimum atomic E-state index is -0.608. The normalized spacial score (nSPS) is 17.8. The molecule has 2 N–H and O–H groups in total. The molecule has 0 aromatic carbocycles. The first-order valence-electron chi connectivity index (χ1n) is 9.33. The van der Waals surface area contributed by atoms with Crippen molar-refractivity contribution in [3.05, 3.63) is 0 Å². The molecule has 0 spiro atoms. The summed E-state index contributed by atoms with van der Waals surface area (Å²) in [6, 6.07) is 0. The van der Waals surface area contributed by atoms with Gasteiger partial charge in [0.25, 0.3) is 0 Å². The maximum Gasteiger partial charge on any atom is 0.242 e. The number of carbonyl (C=O) groups excluding carboxylic acids is 4. The van der Waals surface area contributed by atoms with Crippen LogP contribution < -0.4 is 10.5 Å². The standard InChI is InChI=1S/C18H30BN3O5S/c1-17(2,8-10-27-18(3,4)7-5-14(24)21-19)20-13(23)6-9-22-15(25)11-12(28)16(22)26/h12,28H,5-11H2,1-4H3,(H,20,23)(H,21,24). The Hall–Kier alpha value is -1.55. The third-order valence-corrected chi connectivity index (χ3v) is 5.00. The van der Waals surface area contributed by atoms with Gasteiger partial charge in [0.1, 0.15) is 0 Å². The number of amides is 4. The van der Waals surface area contributed by atoms with Crippen molar-refractivity contribution in [2.45, 2.75) is 76.2 Å². The molecule has 156 valence electrons. The summed E-state index contributed by atoms with van der Waals surface area (Å²) in [7, 11) is 5.07. The number of ether oxygens (including phenoxy) is 1. The van der Waals surface area contributed by atoms with Crippen molar-refractivity contribution in [2.24, 2.45) is 0 Å². The molecule has 1 atom stereocenters. The predicted octanol–water partition coefficient (Wildman–Crippen LogP) is 0.494. The number of imide groups is 1. The van der Waals surface area contributed by atoms with E-state index < -0.39 is 16.4 Å². The van der Waals surface area contributed by atoms with E-state index in [-0.39, 0.29) is 49.4 Å². The SMILES string of the molecule is [B]NC(=O)CCC(C)(C)OCCC(C)(C)NC(=O)CCN1C(=O)CC(S)C1=O. The minimum Gasteiger partial charge on any atom is -0.409 e. The second-order valence-electron chi connectivity index (χ2n) is 8.21. The van der Waals surface area contributed by atoms with E-state index >= 15 is 0 Å². The summed E-state index contributed by atoms with van der Waals surface area (Å²) >= 11 is 4.06. The van der Waals surface area contributed by atoms with Gasteiger partial charge in [-0.15, -0.1) is 0 Å². The number of nitrogens with one attached hydrogen (secondary N) is 2. The van der Waals surface area contributed by atoms with Crippen molar-refractivity contribution < 1.29 is 23.9 Å². The Labute approximate surface area is 173 Å². The molecular formula is C18H30BN3O5S. The smallest absolute Gasteiger partial charge is 0.242 e. The molecule has 0 saturated carbocycles. The van der Waals surface area contributed by atoms with Crippen LogP contribution in [0.3, 0.4) is 0 Å². The Morgan fingerprint density at radius 1 is 1.18 bits per heavy atom. The largest absolute Gasteiger partial charge is 0.409 e. The fraction of sp³-hybridized carbons (Fsp3) is 0.778. The van der Waals surface area contributed by atoms with Crippen molar-refractivity contribution in [1.29, 1.82) is 0 Å². The maximum absolute atomic E-state index is 12.2. The Morgan fingerprint density at radius 2 is 1.82 bits per heavy atom. The molecule has 28 heavy (non-hydrogen) atoms. The molecule has 4 amide bonds. The second-order valence-corrected chi connectivity index (χ2v) is 8.83. The van der Waals surface area contributed by atoms with Gasteiger partial charge in [-0.1, -0.05) is 0 Å². The highest BCUT2D eigenvalue weighted by atomic mass is 32.1. The number of likely N-dealkylation sites (tertiary alicyclic amines) is 1. The Morgan fingerprint density at radius 3 is 2.36 bits per heavy atom. The van der Waals surface area contributed by atoms with Gasteiger partial charge in [-0.3, -0.25) is 24.1 Å². The van der Waals surface area contributed by atoms with E-state index in [0.29, 0.717) is 19.4 Å². The minimum absolute atomic E-state index is 0.0436. The first-order chi connectivity index (χ1) is 12.9. The molecule has 1 heterocycles. The van der Waals surface area contributed by atoms with E-state index in [9.17, 15) is 19.2 Å². The summed E-state index contributed by atoms with van der Waals surface area (Å²) in [5.41, 5.74) is -1.01. The van der Waals surface area contributed by atoms with Crippen LogP contribution in [0.2, 0.25) is 0 Å². The number of hydrogen-bond acceptors (Lipinski definition) is 6. The van der Waals surface area contributed by atoms with Gasteiger partial charge in [0.05, 0.1) is 10.9 Å². The molecule has 8 nitrogen and oxygen atoms in total. The monoisotopic (exact) mass is 411 g/mol. The molecular weight excluding hydrogens is 381 g/mol. The highest BCUT2D eigenvalue weighted by Crippen LogP contribution is 2.20. The number of rotatable bonds is 11. The molecule has 1 aliphatic rings. The highest BCUT2D eigenvalue weighted by Gasteiger charge is 2.36. The second kappa shape index (κ2) is 10.3. The van der Waals surface area contributed by atoms with E-state index in [1.54, 1.807) is 0 Å². The van der Waals surface area contributed by atoms with Crippen LogP contribution in [-0.4, -0.2) is 66.1 Å². The molecule has 1 saturated heterocycles. The van der Waals surface area contributed by atoms with Gasteiger partial charge < -0.3 is 15.3 Å². The molecule has 1 unspecified atom stereocenters. The van der Waals surface area contributed by atoms with Gasteiger partial charge in [-0.2, -0.15) is 12.6 Å². The Balaban J connectivity index is 2.36. The topological polar surface area (TPSA) is 105 Å². The van der Waals surface area contributed by atoms with Crippen molar-refractivity contribution in [3.8, 4) is 0 Å². The zero-order valence-corrected chi connectivity index (χ0v) is 17.9. The van der Waals surface area contributed by atoms with Gasteiger partial charge in [-0.05, 0) is 40.5 Å².